The molecule has 0 saturated heterocycles. The van der Waals surface area contributed by atoms with Crippen LogP contribution in [0.5, 0.6) is 0 Å². The molecule has 32 heavy (non-hydrogen) atoms. The van der Waals surface area contributed by atoms with Gasteiger partial charge in [-0.15, -0.1) is 0 Å². The molecule has 2 aromatic carbocycles. The lowest BCUT2D eigenvalue weighted by Gasteiger charge is -2.24. The first-order chi connectivity index (χ1) is 15.4. The van der Waals surface area contributed by atoms with Crippen molar-refractivity contribution in [3.8, 4) is 11.1 Å². The van der Waals surface area contributed by atoms with Gasteiger partial charge in [0.2, 0.25) is 5.91 Å². The molecule has 7 heteroatoms. The Morgan fingerprint density at radius 3 is 2.00 bits per heavy atom. The molecule has 0 bridgehead atoms. The van der Waals surface area contributed by atoms with Gasteiger partial charge in [0, 0.05) is 5.92 Å². The molecule has 0 aromatic heterocycles. The highest BCUT2D eigenvalue weighted by molar-refractivity contribution is 5.89. The number of benzene rings is 2. The van der Waals surface area contributed by atoms with E-state index in [2.05, 4.69) is 22.8 Å². The van der Waals surface area contributed by atoms with E-state index >= 15 is 0 Å². The Labute approximate surface area is 188 Å². The van der Waals surface area contributed by atoms with Gasteiger partial charge in [-0.1, -0.05) is 75.7 Å². The van der Waals surface area contributed by atoms with E-state index in [1.54, 1.807) is 13.8 Å². The molecule has 0 fully saturated rings. The molecule has 1 aliphatic rings. The van der Waals surface area contributed by atoms with Gasteiger partial charge < -0.3 is 20.5 Å². The largest absolute Gasteiger partial charge is 0.480 e. The van der Waals surface area contributed by atoms with E-state index < -0.39 is 30.1 Å². The van der Waals surface area contributed by atoms with E-state index in [0.717, 1.165) is 22.3 Å². The van der Waals surface area contributed by atoms with Crippen LogP contribution in [0.2, 0.25) is 0 Å². The number of carbonyl (C=O) groups is 3. The van der Waals surface area contributed by atoms with E-state index in [1.165, 1.54) is 0 Å². The third-order valence-corrected chi connectivity index (χ3v) is 6.14. The molecule has 0 spiro atoms. The molecular formula is C25H30N2O5. The highest BCUT2D eigenvalue weighted by Crippen LogP contribution is 2.44. The maximum atomic E-state index is 12.6. The molecular weight excluding hydrogens is 408 g/mol. The highest BCUT2D eigenvalue weighted by atomic mass is 16.5. The summed E-state index contributed by atoms with van der Waals surface area (Å²) < 4.78 is 5.50. The van der Waals surface area contributed by atoms with Crippen LogP contribution in [0.1, 0.15) is 50.7 Å². The summed E-state index contributed by atoms with van der Waals surface area (Å²) in [5.41, 5.74) is 4.47. The van der Waals surface area contributed by atoms with Gasteiger partial charge in [0.25, 0.3) is 0 Å². The van der Waals surface area contributed by atoms with Crippen molar-refractivity contribution in [2.24, 2.45) is 5.92 Å². The number of fused-ring (bicyclic) bond motifs is 3. The van der Waals surface area contributed by atoms with Crippen molar-refractivity contribution in [1.29, 1.82) is 0 Å². The summed E-state index contributed by atoms with van der Waals surface area (Å²) in [4.78, 5) is 36.6. The molecule has 170 valence electrons. The van der Waals surface area contributed by atoms with Crippen LogP contribution in [0.15, 0.2) is 48.5 Å². The number of ether oxygens (including phenoxy) is 1. The van der Waals surface area contributed by atoms with Crippen molar-refractivity contribution in [1.82, 2.24) is 10.6 Å². The molecule has 0 saturated carbocycles. The second-order valence-electron chi connectivity index (χ2n) is 8.14. The normalized spacial score (nSPS) is 15.1. The summed E-state index contributed by atoms with van der Waals surface area (Å²) in [7, 11) is 0. The first-order valence-corrected chi connectivity index (χ1v) is 11.0. The maximum absolute atomic E-state index is 12.6. The Balaban J connectivity index is 1.63. The smallest absolute Gasteiger partial charge is 0.407 e. The number of hydrogen-bond acceptors (Lipinski definition) is 4. The Hall–Kier alpha value is -3.35. The van der Waals surface area contributed by atoms with Crippen molar-refractivity contribution in [3.63, 3.8) is 0 Å². The fourth-order valence-electron chi connectivity index (χ4n) is 4.07. The number of hydrogen-bond donors (Lipinski definition) is 3. The quantitative estimate of drug-likeness (QED) is 0.550. The first kappa shape index (κ1) is 23.3. The molecule has 3 atom stereocenters. The lowest BCUT2D eigenvalue weighted by Crippen LogP contribution is -2.53. The standard InChI is InChI=1S/C25H30N2O5/c1-4-15(3)22(24(29)30)27-23(28)21(5-2)26-25(31)32-14-20-18-12-8-6-10-16(18)17-11-7-9-13-19(17)20/h6-13,15,20-22H,4-5,14H2,1-3H3,(H,26,31)(H,27,28)(H,29,30)/t15?,21?,22-/m0/s1. The van der Waals surface area contributed by atoms with E-state index in [0.29, 0.717) is 12.8 Å². The van der Waals surface area contributed by atoms with Gasteiger partial charge in [0.1, 0.15) is 18.7 Å². The molecule has 2 aromatic rings. The molecule has 3 rings (SSSR count). The summed E-state index contributed by atoms with van der Waals surface area (Å²) in [5, 5.41) is 14.5. The second-order valence-corrected chi connectivity index (χ2v) is 8.14. The summed E-state index contributed by atoms with van der Waals surface area (Å²) in [6.07, 6.45) is 0.209. The molecule has 0 heterocycles. The van der Waals surface area contributed by atoms with Crippen molar-refractivity contribution in [2.75, 3.05) is 6.61 Å². The van der Waals surface area contributed by atoms with Crippen LogP contribution in [-0.4, -0.2) is 41.8 Å². The van der Waals surface area contributed by atoms with Crippen molar-refractivity contribution >= 4 is 18.0 Å². The number of aliphatic carboxylic acids is 1. The van der Waals surface area contributed by atoms with Gasteiger partial charge in [0.05, 0.1) is 0 Å². The minimum Gasteiger partial charge on any atom is -0.480 e. The highest BCUT2D eigenvalue weighted by Gasteiger charge is 2.31. The van der Waals surface area contributed by atoms with Crippen LogP contribution in [0.25, 0.3) is 11.1 Å². The van der Waals surface area contributed by atoms with Crippen molar-refractivity contribution in [2.45, 2.75) is 51.6 Å². The molecule has 2 amide bonds. The summed E-state index contributed by atoms with van der Waals surface area (Å²) in [6.45, 7) is 5.51. The molecule has 2 unspecified atom stereocenters. The average Bonchev–Trinajstić information content (AvgIpc) is 3.12. The SMILES string of the molecule is CCC(NC(=O)OCC1c2ccccc2-c2ccccc21)C(=O)N[C@H](C(=O)O)C(C)CC. The zero-order valence-corrected chi connectivity index (χ0v) is 18.6. The lowest BCUT2D eigenvalue weighted by molar-refractivity contribution is -0.143. The third-order valence-electron chi connectivity index (χ3n) is 6.14. The monoisotopic (exact) mass is 438 g/mol. The number of carboxylic acid groups (broad SMARTS) is 1. The van der Waals surface area contributed by atoms with Crippen LogP contribution in [0.3, 0.4) is 0 Å². The fraction of sp³-hybridized carbons (Fsp3) is 0.400. The number of amides is 2. The summed E-state index contributed by atoms with van der Waals surface area (Å²) in [6, 6.07) is 14.2. The van der Waals surface area contributed by atoms with Gasteiger partial charge in [-0.05, 0) is 34.6 Å². The van der Waals surface area contributed by atoms with Crippen LogP contribution >= 0.6 is 0 Å². The second kappa shape index (κ2) is 10.3. The number of carboxylic acids is 1. The Kier molecular flexibility index (Phi) is 7.51. The van der Waals surface area contributed by atoms with E-state index in [-0.39, 0.29) is 18.4 Å². The molecule has 7 nitrogen and oxygen atoms in total. The Morgan fingerprint density at radius 2 is 1.50 bits per heavy atom. The molecule has 3 N–H and O–H groups in total. The Bertz CT molecular complexity index is 944. The van der Waals surface area contributed by atoms with E-state index in [9.17, 15) is 19.5 Å². The molecule has 1 aliphatic carbocycles. The molecule has 0 aliphatic heterocycles. The topological polar surface area (TPSA) is 105 Å². The first-order valence-electron chi connectivity index (χ1n) is 11.0. The number of rotatable bonds is 9. The maximum Gasteiger partial charge on any atom is 0.407 e. The summed E-state index contributed by atoms with van der Waals surface area (Å²) >= 11 is 0. The van der Waals surface area contributed by atoms with Gasteiger partial charge in [0.15, 0.2) is 0 Å². The van der Waals surface area contributed by atoms with Crippen LogP contribution < -0.4 is 10.6 Å². The van der Waals surface area contributed by atoms with E-state index in [1.807, 2.05) is 43.3 Å². The lowest BCUT2D eigenvalue weighted by atomic mass is 9.98. The van der Waals surface area contributed by atoms with Gasteiger partial charge in [-0.25, -0.2) is 9.59 Å². The zero-order chi connectivity index (χ0) is 23.3. The number of carbonyl (C=O) groups excluding carboxylic acids is 2. The van der Waals surface area contributed by atoms with Crippen LogP contribution in [0.4, 0.5) is 4.79 Å². The van der Waals surface area contributed by atoms with Crippen molar-refractivity contribution in [3.05, 3.63) is 59.7 Å². The van der Waals surface area contributed by atoms with Crippen LogP contribution in [0, 0.1) is 5.92 Å². The Morgan fingerprint density at radius 1 is 0.938 bits per heavy atom. The zero-order valence-electron chi connectivity index (χ0n) is 18.6. The molecule has 0 radical (unpaired) electrons. The number of alkyl carbamates (subject to hydrolysis) is 1. The van der Waals surface area contributed by atoms with Crippen molar-refractivity contribution < 1.29 is 24.2 Å². The minimum atomic E-state index is -1.09. The van der Waals surface area contributed by atoms with Crippen LogP contribution in [-0.2, 0) is 14.3 Å². The minimum absolute atomic E-state index is 0.0798. The summed E-state index contributed by atoms with van der Waals surface area (Å²) in [5.74, 6) is -1.94. The van der Waals surface area contributed by atoms with E-state index in [4.69, 9.17) is 4.74 Å². The predicted molar refractivity (Wildman–Crippen MR) is 121 cm³/mol. The third kappa shape index (κ3) is 4.93. The van der Waals surface area contributed by atoms with Gasteiger partial charge in [-0.3, -0.25) is 4.79 Å². The fourth-order valence-corrected chi connectivity index (χ4v) is 4.07. The number of nitrogens with one attached hydrogen (secondary N) is 2. The average molecular weight is 439 g/mol. The van der Waals surface area contributed by atoms with Gasteiger partial charge in [-0.2, -0.15) is 0 Å². The van der Waals surface area contributed by atoms with Gasteiger partial charge >= 0.3 is 12.1 Å². The predicted octanol–water partition coefficient (Wildman–Crippen LogP) is 3.92.